The molecule has 1 heterocycles. The summed E-state index contributed by atoms with van der Waals surface area (Å²) in [6.45, 7) is 0. The number of benzene rings is 2. The number of anilines is 1. The van der Waals surface area contributed by atoms with Gasteiger partial charge in [-0.2, -0.15) is 4.72 Å². The number of nitrogens with one attached hydrogen (secondary N) is 1. The topological polar surface area (TPSA) is 86.7 Å². The third-order valence-corrected chi connectivity index (χ3v) is 8.51. The van der Waals surface area contributed by atoms with Crippen LogP contribution in [0.4, 0.5) is 5.69 Å². The second-order valence-corrected chi connectivity index (χ2v) is 10.6. The fourth-order valence-corrected chi connectivity index (χ4v) is 6.29. The van der Waals surface area contributed by atoms with Crippen LogP contribution in [0.3, 0.4) is 0 Å². The van der Waals surface area contributed by atoms with Crippen molar-refractivity contribution in [2.24, 2.45) is 0 Å². The maximum absolute atomic E-state index is 13.0. The number of carboxylic acids is 1. The molecule has 0 radical (unpaired) electrons. The number of hydrogen-bond acceptors (Lipinski definition) is 5. The Bertz CT molecular complexity index is 1170. The zero-order valence-corrected chi connectivity index (χ0v) is 18.2. The number of aliphatic carboxylic acids is 1. The first-order valence-corrected chi connectivity index (χ1v) is 11.7. The van der Waals surface area contributed by atoms with Gasteiger partial charge in [-0.25, -0.2) is 8.42 Å². The molecule has 3 aromatic rings. The Labute approximate surface area is 179 Å². The lowest BCUT2D eigenvalue weighted by molar-refractivity contribution is -0.140. The Hall–Kier alpha value is -2.68. The van der Waals surface area contributed by atoms with Crippen molar-refractivity contribution >= 4 is 33.0 Å². The number of hydrogen-bond donors (Lipinski definition) is 2. The smallest absolute Gasteiger partial charge is 0.325 e. The summed E-state index contributed by atoms with van der Waals surface area (Å²) in [6, 6.07) is 20.2. The van der Waals surface area contributed by atoms with Crippen LogP contribution in [0.25, 0.3) is 10.4 Å². The Morgan fingerprint density at radius 1 is 1.07 bits per heavy atom. The van der Waals surface area contributed by atoms with Crippen molar-refractivity contribution in [3.8, 4) is 10.4 Å². The largest absolute Gasteiger partial charge is 0.480 e. The van der Waals surface area contributed by atoms with Gasteiger partial charge in [0, 0.05) is 30.6 Å². The van der Waals surface area contributed by atoms with Gasteiger partial charge in [-0.3, -0.25) is 4.79 Å². The number of sulfonamides is 1. The SMILES string of the molecule is CN(C)c1ccc(-c2ccc(S(=O)(=O)NC3(C(=O)O)C[C@H]3c3ccccc3)s2)cc1. The van der Waals surface area contributed by atoms with E-state index in [0.717, 1.165) is 33.0 Å². The first-order chi connectivity index (χ1) is 14.2. The van der Waals surface area contributed by atoms with Crippen LogP contribution in [-0.4, -0.2) is 39.1 Å². The van der Waals surface area contributed by atoms with E-state index in [2.05, 4.69) is 4.72 Å². The fraction of sp³-hybridized carbons (Fsp3) is 0.227. The van der Waals surface area contributed by atoms with E-state index >= 15 is 0 Å². The van der Waals surface area contributed by atoms with Crippen molar-refractivity contribution in [2.45, 2.75) is 22.1 Å². The highest BCUT2D eigenvalue weighted by atomic mass is 32.2. The van der Waals surface area contributed by atoms with Crippen molar-refractivity contribution < 1.29 is 18.3 Å². The molecule has 1 aromatic heterocycles. The molecule has 30 heavy (non-hydrogen) atoms. The highest BCUT2D eigenvalue weighted by Gasteiger charge is 2.63. The number of rotatable bonds is 7. The summed E-state index contributed by atoms with van der Waals surface area (Å²) >= 11 is 1.13. The predicted octanol–water partition coefficient (Wildman–Crippen LogP) is 3.77. The van der Waals surface area contributed by atoms with E-state index in [1.54, 1.807) is 6.07 Å². The first kappa shape index (κ1) is 20.6. The molecule has 1 saturated carbocycles. The second-order valence-electron chi connectivity index (χ2n) is 7.61. The molecule has 1 aliphatic rings. The molecule has 0 aliphatic heterocycles. The van der Waals surface area contributed by atoms with Gasteiger partial charge in [0.1, 0.15) is 9.75 Å². The summed E-state index contributed by atoms with van der Waals surface area (Å²) in [5.41, 5.74) is 1.27. The van der Waals surface area contributed by atoms with Gasteiger partial charge in [-0.05, 0) is 41.8 Å². The van der Waals surface area contributed by atoms with E-state index in [9.17, 15) is 18.3 Å². The summed E-state index contributed by atoms with van der Waals surface area (Å²) in [7, 11) is -0.0632. The van der Waals surface area contributed by atoms with Crippen molar-refractivity contribution in [1.82, 2.24) is 4.72 Å². The van der Waals surface area contributed by atoms with Gasteiger partial charge in [0.15, 0.2) is 0 Å². The zero-order chi connectivity index (χ0) is 21.5. The third kappa shape index (κ3) is 3.74. The van der Waals surface area contributed by atoms with Crippen molar-refractivity contribution in [3.05, 3.63) is 72.3 Å². The van der Waals surface area contributed by atoms with Crippen molar-refractivity contribution in [2.75, 3.05) is 19.0 Å². The van der Waals surface area contributed by atoms with Crippen LogP contribution in [0, 0.1) is 0 Å². The molecule has 1 aliphatic carbocycles. The number of carboxylic acid groups (broad SMARTS) is 1. The molecule has 8 heteroatoms. The predicted molar refractivity (Wildman–Crippen MR) is 119 cm³/mol. The molecule has 0 amide bonds. The highest BCUT2D eigenvalue weighted by Crippen LogP contribution is 2.52. The lowest BCUT2D eigenvalue weighted by atomic mass is 10.1. The molecule has 1 fully saturated rings. The molecule has 156 valence electrons. The van der Waals surface area contributed by atoms with Gasteiger partial charge in [-0.15, -0.1) is 11.3 Å². The van der Waals surface area contributed by atoms with Crippen LogP contribution in [0.5, 0.6) is 0 Å². The normalized spacial score (nSPS) is 20.7. The molecular formula is C22H22N2O4S2. The van der Waals surface area contributed by atoms with Crippen LogP contribution in [-0.2, 0) is 14.8 Å². The van der Waals surface area contributed by atoms with E-state index in [1.807, 2.05) is 73.6 Å². The first-order valence-electron chi connectivity index (χ1n) is 9.43. The lowest BCUT2D eigenvalue weighted by Gasteiger charge is -2.14. The molecule has 0 spiro atoms. The summed E-state index contributed by atoms with van der Waals surface area (Å²) in [6.07, 6.45) is 0.232. The average molecular weight is 443 g/mol. The van der Waals surface area contributed by atoms with E-state index in [0.29, 0.717) is 0 Å². The van der Waals surface area contributed by atoms with Crippen LogP contribution < -0.4 is 9.62 Å². The molecule has 2 atom stereocenters. The minimum Gasteiger partial charge on any atom is -0.480 e. The summed E-state index contributed by atoms with van der Waals surface area (Å²) < 4.78 is 28.6. The van der Waals surface area contributed by atoms with Crippen LogP contribution in [0.2, 0.25) is 0 Å². The molecule has 4 rings (SSSR count). The molecule has 0 saturated heterocycles. The molecule has 2 aromatic carbocycles. The van der Waals surface area contributed by atoms with Crippen LogP contribution in [0.1, 0.15) is 17.9 Å². The van der Waals surface area contributed by atoms with Crippen molar-refractivity contribution in [1.29, 1.82) is 0 Å². The Morgan fingerprint density at radius 3 is 2.33 bits per heavy atom. The Kier molecular flexibility index (Phi) is 5.17. The minimum atomic E-state index is -3.97. The summed E-state index contributed by atoms with van der Waals surface area (Å²) in [4.78, 5) is 14.8. The maximum Gasteiger partial charge on any atom is 0.325 e. The van der Waals surface area contributed by atoms with Gasteiger partial charge in [0.05, 0.1) is 0 Å². The Balaban J connectivity index is 1.58. The Morgan fingerprint density at radius 2 is 1.73 bits per heavy atom. The zero-order valence-electron chi connectivity index (χ0n) is 16.6. The third-order valence-electron chi connectivity index (χ3n) is 5.38. The quantitative estimate of drug-likeness (QED) is 0.582. The highest BCUT2D eigenvalue weighted by molar-refractivity contribution is 7.91. The van der Waals surface area contributed by atoms with E-state index in [1.165, 1.54) is 6.07 Å². The van der Waals surface area contributed by atoms with Crippen LogP contribution in [0.15, 0.2) is 70.9 Å². The molecule has 1 unspecified atom stereocenters. The number of carbonyl (C=O) groups is 1. The molecular weight excluding hydrogens is 420 g/mol. The van der Waals surface area contributed by atoms with E-state index in [4.69, 9.17) is 0 Å². The molecule has 6 nitrogen and oxygen atoms in total. The molecule has 2 N–H and O–H groups in total. The monoisotopic (exact) mass is 442 g/mol. The standard InChI is InChI=1S/C22H22N2O4S2/c1-24(2)17-10-8-16(9-11-17)19-12-13-20(29-19)30(27,28)23-22(21(25)26)14-18(22)15-6-4-3-5-7-15/h3-13,18,23H,14H2,1-2H3,(H,25,26)/t18-,22?/m0/s1. The molecule has 0 bridgehead atoms. The average Bonchev–Trinajstić information content (AvgIpc) is 3.21. The van der Waals surface area contributed by atoms with Crippen LogP contribution >= 0.6 is 11.3 Å². The van der Waals surface area contributed by atoms with Gasteiger partial charge in [0.2, 0.25) is 0 Å². The van der Waals surface area contributed by atoms with Gasteiger partial charge >= 0.3 is 5.97 Å². The number of thiophene rings is 1. The van der Waals surface area contributed by atoms with Gasteiger partial charge in [-0.1, -0.05) is 42.5 Å². The van der Waals surface area contributed by atoms with Gasteiger partial charge in [0.25, 0.3) is 10.0 Å². The van der Waals surface area contributed by atoms with Gasteiger partial charge < -0.3 is 10.0 Å². The fourth-order valence-electron chi connectivity index (χ4n) is 3.58. The summed E-state index contributed by atoms with van der Waals surface area (Å²) in [5, 5.41) is 9.77. The second kappa shape index (κ2) is 7.54. The van der Waals surface area contributed by atoms with E-state index in [-0.39, 0.29) is 16.5 Å². The van der Waals surface area contributed by atoms with Crippen molar-refractivity contribution in [3.63, 3.8) is 0 Å². The summed E-state index contributed by atoms with van der Waals surface area (Å²) in [5.74, 6) is -1.54. The lowest BCUT2D eigenvalue weighted by Crippen LogP contribution is -2.44. The number of nitrogens with zero attached hydrogens (tertiary/aromatic N) is 1. The maximum atomic E-state index is 13.0. The minimum absolute atomic E-state index is 0.105. The van der Waals surface area contributed by atoms with E-state index < -0.39 is 21.5 Å².